The van der Waals surface area contributed by atoms with Crippen molar-refractivity contribution in [1.82, 2.24) is 19.5 Å². The molecular formula is C13H16N4O2. The molecule has 6 nitrogen and oxygen atoms in total. The van der Waals surface area contributed by atoms with Gasteiger partial charge in [-0.05, 0) is 25.5 Å². The highest BCUT2D eigenvalue weighted by molar-refractivity contribution is 5.93. The van der Waals surface area contributed by atoms with Gasteiger partial charge in [-0.1, -0.05) is 6.07 Å². The van der Waals surface area contributed by atoms with Crippen LogP contribution in [0.2, 0.25) is 0 Å². The largest absolute Gasteiger partial charge is 0.377 e. The molecule has 0 aromatic carbocycles. The number of hydrogen-bond acceptors (Lipinski definition) is 4. The Labute approximate surface area is 111 Å². The molecule has 1 fully saturated rings. The quantitative estimate of drug-likeness (QED) is 0.767. The van der Waals surface area contributed by atoms with E-state index in [2.05, 4.69) is 10.2 Å². The molecular weight excluding hydrogens is 244 g/mol. The number of hydrogen-bond donors (Lipinski definition) is 0. The van der Waals surface area contributed by atoms with Crippen LogP contribution in [0.15, 0.2) is 24.5 Å². The molecule has 3 rings (SSSR count). The van der Waals surface area contributed by atoms with Crippen LogP contribution >= 0.6 is 0 Å². The average molecular weight is 260 g/mol. The molecule has 1 unspecified atom stereocenters. The van der Waals surface area contributed by atoms with Crippen molar-refractivity contribution in [2.75, 3.05) is 19.7 Å². The molecule has 0 spiro atoms. The second-order valence-electron chi connectivity index (χ2n) is 4.76. The molecule has 1 aliphatic rings. The number of rotatable bonds is 1. The van der Waals surface area contributed by atoms with Crippen LogP contribution in [0.1, 0.15) is 23.8 Å². The van der Waals surface area contributed by atoms with Gasteiger partial charge in [0.05, 0.1) is 6.10 Å². The van der Waals surface area contributed by atoms with Crippen molar-refractivity contribution in [2.24, 2.45) is 0 Å². The zero-order valence-corrected chi connectivity index (χ0v) is 10.8. The molecule has 1 atom stereocenters. The number of fused-ring (bicyclic) bond motifs is 1. The predicted octanol–water partition coefficient (Wildman–Crippen LogP) is 0.980. The van der Waals surface area contributed by atoms with Gasteiger partial charge in [0.1, 0.15) is 12.0 Å². The standard InChI is InChI=1S/C13H16N4O2/c1-10-8-16(6-3-7-19-10)13(18)11-4-2-5-12-15-14-9-17(11)12/h2,4-5,9-10H,3,6-8H2,1H3. The monoisotopic (exact) mass is 260 g/mol. The fourth-order valence-corrected chi connectivity index (χ4v) is 2.36. The summed E-state index contributed by atoms with van der Waals surface area (Å²) in [5.41, 5.74) is 1.28. The van der Waals surface area contributed by atoms with Gasteiger partial charge in [-0.3, -0.25) is 9.20 Å². The second-order valence-corrected chi connectivity index (χ2v) is 4.76. The van der Waals surface area contributed by atoms with Crippen molar-refractivity contribution in [3.8, 4) is 0 Å². The lowest BCUT2D eigenvalue weighted by Gasteiger charge is -2.22. The van der Waals surface area contributed by atoms with Gasteiger partial charge < -0.3 is 9.64 Å². The van der Waals surface area contributed by atoms with Crippen LogP contribution in [-0.2, 0) is 4.74 Å². The number of pyridine rings is 1. The fourth-order valence-electron chi connectivity index (χ4n) is 2.36. The number of aromatic nitrogens is 3. The number of ether oxygens (including phenoxy) is 1. The first kappa shape index (κ1) is 12.1. The van der Waals surface area contributed by atoms with Gasteiger partial charge in [0.15, 0.2) is 5.65 Å². The average Bonchev–Trinajstić information content (AvgIpc) is 2.79. The van der Waals surface area contributed by atoms with Gasteiger partial charge in [0, 0.05) is 19.7 Å². The summed E-state index contributed by atoms with van der Waals surface area (Å²) in [7, 11) is 0. The number of carbonyl (C=O) groups is 1. The Morgan fingerprint density at radius 1 is 1.47 bits per heavy atom. The highest BCUT2D eigenvalue weighted by atomic mass is 16.5. The van der Waals surface area contributed by atoms with Gasteiger partial charge in [-0.15, -0.1) is 10.2 Å². The summed E-state index contributed by atoms with van der Waals surface area (Å²) >= 11 is 0. The van der Waals surface area contributed by atoms with Crippen molar-refractivity contribution < 1.29 is 9.53 Å². The Balaban J connectivity index is 1.92. The lowest BCUT2D eigenvalue weighted by Crippen LogP contribution is -2.36. The molecule has 1 aliphatic heterocycles. The minimum absolute atomic E-state index is 0.00255. The number of amides is 1. The van der Waals surface area contributed by atoms with Gasteiger partial charge in [0.25, 0.3) is 5.91 Å². The SMILES string of the molecule is CC1CN(C(=O)c2cccc3nncn23)CCCO1. The topological polar surface area (TPSA) is 59.7 Å². The van der Waals surface area contributed by atoms with Crippen molar-refractivity contribution in [2.45, 2.75) is 19.4 Å². The Kier molecular flexibility index (Phi) is 3.16. The number of nitrogens with zero attached hydrogens (tertiary/aromatic N) is 4. The molecule has 0 N–H and O–H groups in total. The van der Waals surface area contributed by atoms with Gasteiger partial charge in [0.2, 0.25) is 0 Å². The molecule has 0 saturated carbocycles. The summed E-state index contributed by atoms with van der Waals surface area (Å²) in [6, 6.07) is 5.46. The normalized spacial score (nSPS) is 20.5. The van der Waals surface area contributed by atoms with Crippen molar-refractivity contribution in [3.63, 3.8) is 0 Å². The lowest BCUT2D eigenvalue weighted by molar-refractivity contribution is 0.0558. The summed E-state index contributed by atoms with van der Waals surface area (Å²) in [5.74, 6) is 0.00255. The third-order valence-corrected chi connectivity index (χ3v) is 3.29. The summed E-state index contributed by atoms with van der Waals surface area (Å²) in [5, 5.41) is 7.80. The van der Waals surface area contributed by atoms with Crippen molar-refractivity contribution in [1.29, 1.82) is 0 Å². The summed E-state index contributed by atoms with van der Waals surface area (Å²) < 4.78 is 7.29. The fraction of sp³-hybridized carbons (Fsp3) is 0.462. The van der Waals surface area contributed by atoms with Gasteiger partial charge in [-0.2, -0.15) is 0 Å². The minimum atomic E-state index is 0.00255. The molecule has 2 aromatic rings. The Morgan fingerprint density at radius 3 is 3.26 bits per heavy atom. The van der Waals surface area contributed by atoms with E-state index in [4.69, 9.17) is 4.74 Å². The zero-order chi connectivity index (χ0) is 13.2. The van der Waals surface area contributed by atoms with E-state index in [0.717, 1.165) is 13.0 Å². The van der Waals surface area contributed by atoms with Crippen LogP contribution in [0, 0.1) is 0 Å². The van der Waals surface area contributed by atoms with Crippen LogP contribution in [0.3, 0.4) is 0 Å². The lowest BCUT2D eigenvalue weighted by atomic mass is 10.2. The maximum Gasteiger partial charge on any atom is 0.271 e. The van der Waals surface area contributed by atoms with E-state index in [0.29, 0.717) is 24.5 Å². The van der Waals surface area contributed by atoms with Crippen molar-refractivity contribution in [3.05, 3.63) is 30.2 Å². The highest BCUT2D eigenvalue weighted by Crippen LogP contribution is 2.12. The van der Waals surface area contributed by atoms with Crippen LogP contribution in [-0.4, -0.2) is 51.2 Å². The highest BCUT2D eigenvalue weighted by Gasteiger charge is 2.22. The Morgan fingerprint density at radius 2 is 2.37 bits per heavy atom. The predicted molar refractivity (Wildman–Crippen MR) is 68.9 cm³/mol. The maximum absolute atomic E-state index is 12.6. The molecule has 2 aromatic heterocycles. The molecule has 1 amide bonds. The zero-order valence-electron chi connectivity index (χ0n) is 10.8. The minimum Gasteiger partial charge on any atom is -0.377 e. The first-order valence-electron chi connectivity index (χ1n) is 6.45. The Bertz CT molecular complexity index is 595. The van der Waals surface area contributed by atoms with Crippen LogP contribution < -0.4 is 0 Å². The van der Waals surface area contributed by atoms with Crippen LogP contribution in [0.4, 0.5) is 0 Å². The van der Waals surface area contributed by atoms with E-state index in [1.807, 2.05) is 24.0 Å². The van der Waals surface area contributed by atoms with Crippen molar-refractivity contribution >= 4 is 11.6 Å². The van der Waals surface area contributed by atoms with Gasteiger partial charge >= 0.3 is 0 Å². The first-order chi connectivity index (χ1) is 9.25. The van der Waals surface area contributed by atoms with E-state index in [-0.39, 0.29) is 12.0 Å². The smallest absolute Gasteiger partial charge is 0.271 e. The molecule has 19 heavy (non-hydrogen) atoms. The van der Waals surface area contributed by atoms with E-state index in [1.54, 1.807) is 16.8 Å². The van der Waals surface area contributed by atoms with Crippen LogP contribution in [0.5, 0.6) is 0 Å². The summed E-state index contributed by atoms with van der Waals surface area (Å²) in [6.07, 6.45) is 2.51. The van der Waals surface area contributed by atoms with E-state index < -0.39 is 0 Å². The molecule has 0 radical (unpaired) electrons. The van der Waals surface area contributed by atoms with E-state index >= 15 is 0 Å². The molecule has 3 heterocycles. The van der Waals surface area contributed by atoms with E-state index in [9.17, 15) is 4.79 Å². The molecule has 0 bridgehead atoms. The third-order valence-electron chi connectivity index (χ3n) is 3.29. The molecule has 1 saturated heterocycles. The van der Waals surface area contributed by atoms with Gasteiger partial charge in [-0.25, -0.2) is 0 Å². The first-order valence-corrected chi connectivity index (χ1v) is 6.45. The van der Waals surface area contributed by atoms with E-state index in [1.165, 1.54) is 0 Å². The Hall–Kier alpha value is -1.95. The third kappa shape index (κ3) is 2.31. The molecule has 100 valence electrons. The van der Waals surface area contributed by atoms with Crippen LogP contribution in [0.25, 0.3) is 5.65 Å². The molecule has 6 heteroatoms. The molecule has 0 aliphatic carbocycles. The summed E-state index contributed by atoms with van der Waals surface area (Å²) in [6.45, 7) is 4.05. The number of carbonyl (C=O) groups excluding carboxylic acids is 1. The summed E-state index contributed by atoms with van der Waals surface area (Å²) in [4.78, 5) is 14.4. The maximum atomic E-state index is 12.6. The second kappa shape index (κ2) is 4.97.